The molecule has 1 aromatic carbocycles. The van der Waals surface area contributed by atoms with Gasteiger partial charge in [-0.1, -0.05) is 11.6 Å². The van der Waals surface area contributed by atoms with E-state index in [1.54, 1.807) is 7.11 Å². The highest BCUT2D eigenvalue weighted by Crippen LogP contribution is 2.26. The van der Waals surface area contributed by atoms with Crippen molar-refractivity contribution in [3.05, 3.63) is 40.5 Å². The Morgan fingerprint density at radius 3 is 2.63 bits per heavy atom. The van der Waals surface area contributed by atoms with Gasteiger partial charge in [0.1, 0.15) is 5.75 Å². The predicted octanol–water partition coefficient (Wildman–Crippen LogP) is 4.39. The van der Waals surface area contributed by atoms with Gasteiger partial charge in [-0.25, -0.2) is 0 Å². The highest BCUT2D eigenvalue weighted by Gasteiger charge is 2.15. The summed E-state index contributed by atoms with van der Waals surface area (Å²) in [6.07, 6.45) is 7.51. The second-order valence-electron chi connectivity index (χ2n) is 5.34. The quantitative estimate of drug-likeness (QED) is 0.591. The van der Waals surface area contributed by atoms with Crippen LogP contribution in [0.5, 0.6) is 5.75 Å². The summed E-state index contributed by atoms with van der Waals surface area (Å²) in [5.74, 6) is 1.09. The Kier molecular flexibility index (Phi) is 4.41. The molecule has 19 heavy (non-hydrogen) atoms. The summed E-state index contributed by atoms with van der Waals surface area (Å²) < 4.78 is 5.29. The van der Waals surface area contributed by atoms with Crippen LogP contribution >= 0.6 is 0 Å². The number of carbonyl (C=O) groups is 1. The zero-order valence-electron chi connectivity index (χ0n) is 12.1. The lowest BCUT2D eigenvalue weighted by Crippen LogP contribution is -2.06. The Bertz CT molecular complexity index is 512. The number of carbonyl (C=O) groups excluding carboxylic acids is 1. The first kappa shape index (κ1) is 13.9. The minimum absolute atomic E-state index is 0.233. The lowest BCUT2D eigenvalue weighted by atomic mass is 9.92. The Morgan fingerprint density at radius 2 is 2.00 bits per heavy atom. The molecule has 2 rings (SSSR count). The van der Waals surface area contributed by atoms with Gasteiger partial charge >= 0.3 is 0 Å². The molecule has 1 aliphatic rings. The van der Waals surface area contributed by atoms with E-state index in [2.05, 4.69) is 6.08 Å². The van der Waals surface area contributed by atoms with Crippen molar-refractivity contribution in [1.29, 1.82) is 0 Å². The van der Waals surface area contributed by atoms with Gasteiger partial charge in [0.15, 0.2) is 5.78 Å². The van der Waals surface area contributed by atoms with Gasteiger partial charge in [0.2, 0.25) is 0 Å². The summed E-state index contributed by atoms with van der Waals surface area (Å²) in [5.41, 5.74) is 4.17. The number of hydrogen-bond acceptors (Lipinski definition) is 2. The minimum Gasteiger partial charge on any atom is -0.496 e. The highest BCUT2D eigenvalue weighted by atomic mass is 16.5. The number of benzene rings is 1. The van der Waals surface area contributed by atoms with Crippen LogP contribution in [-0.2, 0) is 0 Å². The van der Waals surface area contributed by atoms with Gasteiger partial charge in [0.25, 0.3) is 0 Å². The number of ketones is 1. The summed E-state index contributed by atoms with van der Waals surface area (Å²) in [6.45, 7) is 3.96. The Hall–Kier alpha value is -1.57. The first-order valence-electron chi connectivity index (χ1n) is 6.98. The van der Waals surface area contributed by atoms with Crippen molar-refractivity contribution in [2.45, 2.75) is 46.0 Å². The minimum atomic E-state index is 0.233. The van der Waals surface area contributed by atoms with Gasteiger partial charge in [0.05, 0.1) is 7.11 Å². The average Bonchev–Trinajstić information content (AvgIpc) is 2.42. The van der Waals surface area contributed by atoms with Gasteiger partial charge in [-0.2, -0.15) is 0 Å². The third kappa shape index (κ3) is 3.25. The van der Waals surface area contributed by atoms with E-state index in [1.807, 2.05) is 26.0 Å². The molecule has 0 fully saturated rings. The number of ether oxygens (including phenoxy) is 1. The molecule has 1 aliphatic carbocycles. The van der Waals surface area contributed by atoms with Crippen molar-refractivity contribution in [3.8, 4) is 5.75 Å². The zero-order chi connectivity index (χ0) is 13.8. The maximum Gasteiger partial charge on any atom is 0.167 e. The molecule has 0 saturated carbocycles. The van der Waals surface area contributed by atoms with E-state index in [0.29, 0.717) is 6.42 Å². The monoisotopic (exact) mass is 258 g/mol. The molecule has 0 atom stereocenters. The number of methoxy groups -OCH3 is 1. The molecule has 0 aliphatic heterocycles. The third-order valence-corrected chi connectivity index (χ3v) is 3.81. The van der Waals surface area contributed by atoms with Crippen molar-refractivity contribution in [2.75, 3.05) is 7.11 Å². The van der Waals surface area contributed by atoms with E-state index in [0.717, 1.165) is 35.3 Å². The standard InChI is InChI=1S/C17H22O2/c1-12-10-17(19-3)13(2)9-15(12)16(18)11-14-7-5-4-6-8-14/h7,9-10H,4-6,8,11H2,1-3H3. The average molecular weight is 258 g/mol. The Morgan fingerprint density at radius 1 is 1.21 bits per heavy atom. The van der Waals surface area contributed by atoms with Crippen molar-refractivity contribution in [2.24, 2.45) is 0 Å². The summed E-state index contributed by atoms with van der Waals surface area (Å²) in [6, 6.07) is 3.91. The van der Waals surface area contributed by atoms with Crippen molar-refractivity contribution < 1.29 is 9.53 Å². The van der Waals surface area contributed by atoms with Crippen LogP contribution in [0.4, 0.5) is 0 Å². The fourth-order valence-corrected chi connectivity index (χ4v) is 2.68. The topological polar surface area (TPSA) is 26.3 Å². The van der Waals surface area contributed by atoms with Crippen LogP contribution in [-0.4, -0.2) is 12.9 Å². The van der Waals surface area contributed by atoms with E-state index < -0.39 is 0 Å². The SMILES string of the molecule is COc1cc(C)c(C(=O)CC2=CCCCC2)cc1C. The van der Waals surface area contributed by atoms with Gasteiger partial charge in [-0.15, -0.1) is 0 Å². The lowest BCUT2D eigenvalue weighted by Gasteiger charge is -2.14. The molecule has 2 nitrogen and oxygen atoms in total. The summed E-state index contributed by atoms with van der Waals surface area (Å²) in [5, 5.41) is 0. The maximum atomic E-state index is 12.4. The molecule has 0 N–H and O–H groups in total. The fourth-order valence-electron chi connectivity index (χ4n) is 2.68. The van der Waals surface area contributed by atoms with Crippen LogP contribution in [0.25, 0.3) is 0 Å². The lowest BCUT2D eigenvalue weighted by molar-refractivity contribution is 0.0991. The second-order valence-corrected chi connectivity index (χ2v) is 5.34. The van der Waals surface area contributed by atoms with E-state index in [-0.39, 0.29) is 5.78 Å². The van der Waals surface area contributed by atoms with Crippen LogP contribution in [0.1, 0.15) is 53.6 Å². The molecule has 102 valence electrons. The molecule has 0 bridgehead atoms. The molecular weight excluding hydrogens is 236 g/mol. The molecule has 0 heterocycles. The Labute approximate surface area is 115 Å². The van der Waals surface area contributed by atoms with Crippen molar-refractivity contribution >= 4 is 5.78 Å². The molecule has 1 aromatic rings. The summed E-state index contributed by atoms with van der Waals surface area (Å²) in [4.78, 5) is 12.4. The van der Waals surface area contributed by atoms with Crippen LogP contribution in [0.3, 0.4) is 0 Å². The van der Waals surface area contributed by atoms with E-state index in [1.165, 1.54) is 18.4 Å². The molecule has 0 spiro atoms. The number of Topliss-reactive ketones (excluding diaryl/α,β-unsaturated/α-hetero) is 1. The van der Waals surface area contributed by atoms with E-state index in [4.69, 9.17) is 4.74 Å². The molecule has 2 heteroatoms. The molecule has 0 unspecified atom stereocenters. The number of aryl methyl sites for hydroxylation is 2. The van der Waals surface area contributed by atoms with Gasteiger partial charge in [0, 0.05) is 12.0 Å². The zero-order valence-corrected chi connectivity index (χ0v) is 12.1. The predicted molar refractivity (Wildman–Crippen MR) is 78.0 cm³/mol. The molecule has 0 radical (unpaired) electrons. The van der Waals surface area contributed by atoms with Gasteiger partial charge < -0.3 is 4.74 Å². The van der Waals surface area contributed by atoms with Crippen LogP contribution in [0.15, 0.2) is 23.8 Å². The number of rotatable bonds is 4. The normalized spacial score (nSPS) is 15.0. The first-order valence-corrected chi connectivity index (χ1v) is 6.98. The van der Waals surface area contributed by atoms with Crippen molar-refractivity contribution in [3.63, 3.8) is 0 Å². The second kappa shape index (κ2) is 6.05. The van der Waals surface area contributed by atoms with Crippen LogP contribution in [0.2, 0.25) is 0 Å². The van der Waals surface area contributed by atoms with Gasteiger partial charge in [-0.3, -0.25) is 4.79 Å². The van der Waals surface area contributed by atoms with Crippen LogP contribution in [0, 0.1) is 13.8 Å². The third-order valence-electron chi connectivity index (χ3n) is 3.81. The van der Waals surface area contributed by atoms with Crippen LogP contribution < -0.4 is 4.74 Å². The smallest absolute Gasteiger partial charge is 0.167 e. The first-order chi connectivity index (χ1) is 9.11. The molecular formula is C17H22O2. The number of hydrogen-bond donors (Lipinski definition) is 0. The van der Waals surface area contributed by atoms with E-state index >= 15 is 0 Å². The summed E-state index contributed by atoms with van der Waals surface area (Å²) >= 11 is 0. The maximum absolute atomic E-state index is 12.4. The number of allylic oxidation sites excluding steroid dienone is 2. The van der Waals surface area contributed by atoms with Gasteiger partial charge in [-0.05, 0) is 62.8 Å². The largest absolute Gasteiger partial charge is 0.496 e. The van der Waals surface area contributed by atoms with Crippen molar-refractivity contribution in [1.82, 2.24) is 0 Å². The Balaban J connectivity index is 2.19. The summed E-state index contributed by atoms with van der Waals surface area (Å²) in [7, 11) is 1.66. The molecule has 0 amide bonds. The molecule has 0 aromatic heterocycles. The molecule has 0 saturated heterocycles. The fraction of sp³-hybridized carbons (Fsp3) is 0.471. The highest BCUT2D eigenvalue weighted by molar-refractivity contribution is 5.99. The van der Waals surface area contributed by atoms with E-state index in [9.17, 15) is 4.79 Å².